The smallest absolute Gasteiger partial charge is 0.227 e. The first-order chi connectivity index (χ1) is 11.2. The molecule has 1 N–H and O–H groups in total. The third kappa shape index (κ3) is 2.79. The van der Waals surface area contributed by atoms with E-state index in [1.807, 2.05) is 4.90 Å². The number of hydrogen-bond acceptors (Lipinski definition) is 3. The lowest BCUT2D eigenvalue weighted by molar-refractivity contribution is -0.154. The average molecular weight is 315 g/mol. The van der Waals surface area contributed by atoms with Gasteiger partial charge in [-0.2, -0.15) is 0 Å². The van der Waals surface area contributed by atoms with Gasteiger partial charge in [0.05, 0.1) is 19.1 Å². The molecule has 1 aromatic carbocycles. The SMILES string of the molecule is O=C(Cc1ccc2c(c1)CCC2)N1CC[C@H](O)[C@]2(CCCO2)C1. The lowest BCUT2D eigenvalue weighted by atomic mass is 9.87. The molecule has 4 heteroatoms. The molecule has 4 rings (SSSR count). The summed E-state index contributed by atoms with van der Waals surface area (Å²) in [4.78, 5) is 14.6. The molecule has 0 aromatic heterocycles. The molecule has 1 spiro atoms. The average Bonchev–Trinajstić information content (AvgIpc) is 3.19. The third-order valence-electron chi connectivity index (χ3n) is 5.74. The first kappa shape index (κ1) is 15.2. The molecule has 2 heterocycles. The molecule has 2 saturated heterocycles. The van der Waals surface area contributed by atoms with Gasteiger partial charge in [0.15, 0.2) is 0 Å². The number of benzene rings is 1. The summed E-state index contributed by atoms with van der Waals surface area (Å²) in [6.07, 6.45) is 6.03. The zero-order chi connectivity index (χ0) is 15.9. The largest absolute Gasteiger partial charge is 0.390 e. The van der Waals surface area contributed by atoms with Crippen molar-refractivity contribution in [2.75, 3.05) is 19.7 Å². The number of aliphatic hydroxyl groups is 1. The van der Waals surface area contributed by atoms with Gasteiger partial charge in [-0.05, 0) is 55.2 Å². The number of ether oxygens (including phenoxy) is 1. The van der Waals surface area contributed by atoms with Crippen molar-refractivity contribution in [3.8, 4) is 0 Å². The Balaban J connectivity index is 1.45. The summed E-state index contributed by atoms with van der Waals surface area (Å²) in [5, 5.41) is 10.3. The summed E-state index contributed by atoms with van der Waals surface area (Å²) in [6.45, 7) is 1.87. The maximum absolute atomic E-state index is 12.7. The molecular weight excluding hydrogens is 290 g/mol. The van der Waals surface area contributed by atoms with Gasteiger partial charge in [0.2, 0.25) is 5.91 Å². The van der Waals surface area contributed by atoms with Gasteiger partial charge >= 0.3 is 0 Å². The number of aliphatic hydroxyl groups excluding tert-OH is 1. The van der Waals surface area contributed by atoms with Crippen LogP contribution in [-0.2, 0) is 28.8 Å². The first-order valence-corrected chi connectivity index (χ1v) is 8.87. The number of fused-ring (bicyclic) bond motifs is 1. The summed E-state index contributed by atoms with van der Waals surface area (Å²) in [5.74, 6) is 0.157. The van der Waals surface area contributed by atoms with E-state index in [2.05, 4.69) is 18.2 Å². The highest BCUT2D eigenvalue weighted by atomic mass is 16.5. The van der Waals surface area contributed by atoms with Gasteiger partial charge in [-0.3, -0.25) is 4.79 Å². The van der Waals surface area contributed by atoms with Crippen LogP contribution in [0.2, 0.25) is 0 Å². The van der Waals surface area contributed by atoms with E-state index in [-0.39, 0.29) is 5.91 Å². The maximum atomic E-state index is 12.7. The minimum Gasteiger partial charge on any atom is -0.390 e. The van der Waals surface area contributed by atoms with E-state index in [1.54, 1.807) is 0 Å². The van der Waals surface area contributed by atoms with Crippen LogP contribution < -0.4 is 0 Å². The lowest BCUT2D eigenvalue weighted by Crippen LogP contribution is -2.58. The highest BCUT2D eigenvalue weighted by molar-refractivity contribution is 5.79. The number of carbonyl (C=O) groups is 1. The fourth-order valence-electron chi connectivity index (χ4n) is 4.39. The fraction of sp³-hybridized carbons (Fsp3) is 0.632. The van der Waals surface area contributed by atoms with Crippen molar-refractivity contribution in [1.82, 2.24) is 4.90 Å². The molecule has 0 radical (unpaired) electrons. The van der Waals surface area contributed by atoms with Crippen molar-refractivity contribution in [3.63, 3.8) is 0 Å². The molecule has 1 aliphatic carbocycles. The number of piperidine rings is 1. The maximum Gasteiger partial charge on any atom is 0.227 e. The second-order valence-corrected chi connectivity index (χ2v) is 7.27. The Morgan fingerprint density at radius 3 is 3.00 bits per heavy atom. The minimum atomic E-state index is -0.508. The van der Waals surface area contributed by atoms with E-state index < -0.39 is 11.7 Å². The number of rotatable bonds is 2. The number of amides is 1. The summed E-state index contributed by atoms with van der Waals surface area (Å²) in [5.41, 5.74) is 3.47. The van der Waals surface area contributed by atoms with Gasteiger partial charge < -0.3 is 14.7 Å². The van der Waals surface area contributed by atoms with Crippen molar-refractivity contribution in [3.05, 3.63) is 34.9 Å². The second kappa shape index (κ2) is 5.91. The number of likely N-dealkylation sites (tertiary alicyclic amines) is 1. The van der Waals surface area contributed by atoms with E-state index in [9.17, 15) is 9.90 Å². The van der Waals surface area contributed by atoms with Gasteiger partial charge in [0.25, 0.3) is 0 Å². The molecular formula is C19H25NO3. The monoisotopic (exact) mass is 315 g/mol. The summed E-state index contributed by atoms with van der Waals surface area (Å²) < 4.78 is 5.84. The Morgan fingerprint density at radius 2 is 2.17 bits per heavy atom. The van der Waals surface area contributed by atoms with Gasteiger partial charge in [0, 0.05) is 13.2 Å². The predicted molar refractivity (Wildman–Crippen MR) is 87.3 cm³/mol. The Bertz CT molecular complexity index is 607. The van der Waals surface area contributed by atoms with Crippen LogP contribution in [0.5, 0.6) is 0 Å². The molecule has 4 nitrogen and oxygen atoms in total. The normalized spacial score (nSPS) is 30.0. The van der Waals surface area contributed by atoms with Crippen molar-refractivity contribution in [1.29, 1.82) is 0 Å². The number of nitrogens with zero attached hydrogens (tertiary/aromatic N) is 1. The topological polar surface area (TPSA) is 49.8 Å². The number of hydrogen-bond donors (Lipinski definition) is 1. The predicted octanol–water partition coefficient (Wildman–Crippen LogP) is 1.86. The van der Waals surface area contributed by atoms with Gasteiger partial charge in [0.1, 0.15) is 5.60 Å². The van der Waals surface area contributed by atoms with Crippen molar-refractivity contribution >= 4 is 5.91 Å². The molecule has 2 aliphatic heterocycles. The van der Waals surface area contributed by atoms with Crippen molar-refractivity contribution < 1.29 is 14.6 Å². The summed E-state index contributed by atoms with van der Waals surface area (Å²) in [6, 6.07) is 6.50. The van der Waals surface area contributed by atoms with Crippen LogP contribution in [0.1, 0.15) is 42.4 Å². The molecule has 2 fully saturated rings. The van der Waals surface area contributed by atoms with Crippen molar-refractivity contribution in [2.24, 2.45) is 0 Å². The number of carbonyl (C=O) groups excluding carboxylic acids is 1. The van der Waals surface area contributed by atoms with E-state index in [0.717, 1.165) is 24.8 Å². The lowest BCUT2D eigenvalue weighted by Gasteiger charge is -2.43. The Morgan fingerprint density at radius 1 is 1.30 bits per heavy atom. The highest BCUT2D eigenvalue weighted by Gasteiger charge is 2.47. The fourth-order valence-corrected chi connectivity index (χ4v) is 4.39. The quantitative estimate of drug-likeness (QED) is 0.906. The molecule has 23 heavy (non-hydrogen) atoms. The minimum absolute atomic E-state index is 0.157. The summed E-state index contributed by atoms with van der Waals surface area (Å²) in [7, 11) is 0. The molecule has 124 valence electrons. The Kier molecular flexibility index (Phi) is 3.90. The van der Waals surface area contributed by atoms with Crippen LogP contribution in [0.25, 0.3) is 0 Å². The third-order valence-corrected chi connectivity index (χ3v) is 5.74. The zero-order valence-electron chi connectivity index (χ0n) is 13.6. The van der Waals surface area contributed by atoms with E-state index in [0.29, 0.717) is 32.5 Å². The molecule has 1 amide bonds. The van der Waals surface area contributed by atoms with Gasteiger partial charge in [-0.1, -0.05) is 18.2 Å². The number of aryl methyl sites for hydroxylation is 2. The van der Waals surface area contributed by atoms with E-state index in [1.165, 1.54) is 24.0 Å². The molecule has 0 saturated carbocycles. The molecule has 2 atom stereocenters. The summed E-state index contributed by atoms with van der Waals surface area (Å²) >= 11 is 0. The highest BCUT2D eigenvalue weighted by Crippen LogP contribution is 2.35. The first-order valence-electron chi connectivity index (χ1n) is 8.87. The van der Waals surface area contributed by atoms with Crippen LogP contribution in [0, 0.1) is 0 Å². The molecule has 1 aromatic rings. The van der Waals surface area contributed by atoms with E-state index in [4.69, 9.17) is 4.74 Å². The Labute approximate surface area is 137 Å². The van der Waals surface area contributed by atoms with Gasteiger partial charge in [-0.15, -0.1) is 0 Å². The molecule has 3 aliphatic rings. The molecule has 0 unspecified atom stereocenters. The zero-order valence-corrected chi connectivity index (χ0v) is 13.6. The van der Waals surface area contributed by atoms with Crippen LogP contribution in [-0.4, -0.2) is 47.3 Å². The van der Waals surface area contributed by atoms with Crippen LogP contribution >= 0.6 is 0 Å². The standard InChI is InChI=1S/C19H25NO3/c21-17-7-9-20(13-19(17)8-2-10-23-19)18(22)12-14-5-6-15-3-1-4-16(15)11-14/h5-6,11,17,21H,1-4,7-10,12-13H2/t17-,19-/m0/s1. The second-order valence-electron chi connectivity index (χ2n) is 7.27. The molecule has 0 bridgehead atoms. The van der Waals surface area contributed by atoms with Crippen LogP contribution in [0.3, 0.4) is 0 Å². The van der Waals surface area contributed by atoms with Gasteiger partial charge in [-0.25, -0.2) is 0 Å². The van der Waals surface area contributed by atoms with Crippen LogP contribution in [0.15, 0.2) is 18.2 Å². The van der Waals surface area contributed by atoms with Crippen molar-refractivity contribution in [2.45, 2.75) is 56.7 Å². The Hall–Kier alpha value is -1.39. The van der Waals surface area contributed by atoms with E-state index >= 15 is 0 Å². The van der Waals surface area contributed by atoms with Crippen LogP contribution in [0.4, 0.5) is 0 Å².